The van der Waals surface area contributed by atoms with Crippen LogP contribution in [0.15, 0.2) is 69.6 Å². The van der Waals surface area contributed by atoms with Crippen LogP contribution in [0.25, 0.3) is 6.08 Å². The lowest BCUT2D eigenvalue weighted by Gasteiger charge is -2.25. The summed E-state index contributed by atoms with van der Waals surface area (Å²) in [5, 5.41) is 10.6. The monoisotopic (exact) mass is 454 g/mol. The Bertz CT molecular complexity index is 1370. The first-order chi connectivity index (χ1) is 14.9. The Balaban J connectivity index is 2.02. The molecule has 2 heterocycles. The summed E-state index contributed by atoms with van der Waals surface area (Å²) in [6.45, 7) is 1.91. The van der Waals surface area contributed by atoms with E-state index in [-0.39, 0.29) is 11.3 Å². The van der Waals surface area contributed by atoms with E-state index >= 15 is 0 Å². The van der Waals surface area contributed by atoms with Crippen LogP contribution in [-0.4, -0.2) is 22.8 Å². The Hall–Kier alpha value is -3.16. The molecule has 0 aliphatic carbocycles. The molecule has 6 nitrogen and oxygen atoms in total. The number of hydrogen-bond donors (Lipinski definition) is 1. The molecule has 31 heavy (non-hydrogen) atoms. The molecule has 0 amide bonds. The van der Waals surface area contributed by atoms with Crippen LogP contribution < -0.4 is 14.9 Å². The molecule has 1 N–H and O–H groups in total. The highest BCUT2D eigenvalue weighted by Gasteiger charge is 2.33. The number of fused-ring (bicyclic) bond motifs is 1. The number of halogens is 1. The number of allylic oxidation sites excluding steroid dienone is 1. The van der Waals surface area contributed by atoms with Crippen molar-refractivity contribution in [2.45, 2.75) is 19.4 Å². The van der Waals surface area contributed by atoms with Crippen molar-refractivity contribution in [3.63, 3.8) is 0 Å². The first-order valence-corrected chi connectivity index (χ1v) is 10.8. The smallest absolute Gasteiger partial charge is 0.338 e. The second-order valence-corrected chi connectivity index (χ2v) is 8.35. The minimum absolute atomic E-state index is 0.0133. The molecule has 0 unspecified atom stereocenters. The number of rotatable bonds is 4. The van der Waals surface area contributed by atoms with Crippen LogP contribution in [0.4, 0.5) is 0 Å². The maximum atomic E-state index is 13.4. The van der Waals surface area contributed by atoms with E-state index in [0.717, 1.165) is 5.56 Å². The molecule has 3 aromatic rings. The largest absolute Gasteiger partial charge is 0.507 e. The number of phenols is 1. The molecule has 158 valence electrons. The first kappa shape index (κ1) is 21.1. The molecule has 0 saturated carbocycles. The number of benzene rings is 2. The van der Waals surface area contributed by atoms with Gasteiger partial charge in [0.1, 0.15) is 5.75 Å². The molecule has 0 bridgehead atoms. The SMILES string of the molecule is CCC1=C(C(=O)OC)[C@H](c2ccccc2)n2c(s/c(=C\c3cc(Cl)ccc3O)c2=O)=N1. The van der Waals surface area contributed by atoms with E-state index in [2.05, 4.69) is 4.99 Å². The lowest BCUT2D eigenvalue weighted by molar-refractivity contribution is -0.136. The zero-order valence-electron chi connectivity index (χ0n) is 16.8. The van der Waals surface area contributed by atoms with Gasteiger partial charge in [-0.2, -0.15) is 0 Å². The zero-order chi connectivity index (χ0) is 22.1. The quantitative estimate of drug-likeness (QED) is 0.614. The fourth-order valence-corrected chi connectivity index (χ4v) is 4.79. The number of phenolic OH excluding ortho intramolecular Hbond substituents is 1. The minimum Gasteiger partial charge on any atom is -0.507 e. The van der Waals surface area contributed by atoms with Crippen LogP contribution in [-0.2, 0) is 9.53 Å². The molecule has 1 aliphatic heterocycles. The second kappa shape index (κ2) is 8.53. The average molecular weight is 455 g/mol. The normalized spacial score (nSPS) is 16.1. The molecule has 0 spiro atoms. The third kappa shape index (κ3) is 3.82. The van der Waals surface area contributed by atoms with Gasteiger partial charge >= 0.3 is 5.97 Å². The van der Waals surface area contributed by atoms with E-state index < -0.39 is 12.0 Å². The highest BCUT2D eigenvalue weighted by Crippen LogP contribution is 2.31. The summed E-state index contributed by atoms with van der Waals surface area (Å²) in [6, 6.07) is 13.3. The van der Waals surface area contributed by atoms with Crippen LogP contribution in [0.2, 0.25) is 5.02 Å². The second-order valence-electron chi connectivity index (χ2n) is 6.90. The van der Waals surface area contributed by atoms with Crippen LogP contribution in [0, 0.1) is 0 Å². The third-order valence-electron chi connectivity index (χ3n) is 5.04. The van der Waals surface area contributed by atoms with Crippen molar-refractivity contribution < 1.29 is 14.6 Å². The van der Waals surface area contributed by atoms with Gasteiger partial charge in [-0.05, 0) is 36.3 Å². The van der Waals surface area contributed by atoms with Gasteiger partial charge in [0.2, 0.25) is 0 Å². The van der Waals surface area contributed by atoms with E-state index in [1.165, 1.54) is 29.1 Å². The van der Waals surface area contributed by atoms with E-state index in [1.807, 2.05) is 37.3 Å². The van der Waals surface area contributed by atoms with Crippen molar-refractivity contribution in [2.24, 2.45) is 4.99 Å². The standard InChI is InChI=1S/C23H19ClN2O4S/c1-3-16-19(22(29)30-2)20(13-7-5-4-6-8-13)26-21(28)18(31-23(26)25-16)12-14-11-15(24)9-10-17(14)27/h4-12,20,27H,3H2,1-2H3/b18-12-/t20-/m0/s1. The summed E-state index contributed by atoms with van der Waals surface area (Å²) >= 11 is 7.25. The molecule has 8 heteroatoms. The summed E-state index contributed by atoms with van der Waals surface area (Å²) in [5.74, 6) is -0.504. The molecule has 0 fully saturated rings. The maximum Gasteiger partial charge on any atom is 0.338 e. The summed E-state index contributed by atoms with van der Waals surface area (Å²) < 4.78 is 6.92. The number of ether oxygens (including phenoxy) is 1. The van der Waals surface area contributed by atoms with Gasteiger partial charge < -0.3 is 9.84 Å². The van der Waals surface area contributed by atoms with Crippen LogP contribution >= 0.6 is 22.9 Å². The van der Waals surface area contributed by atoms with Crippen molar-refractivity contribution in [1.29, 1.82) is 0 Å². The molecular formula is C23H19ClN2O4S. The fraction of sp³-hybridized carbons (Fsp3) is 0.174. The van der Waals surface area contributed by atoms with E-state index in [0.29, 0.717) is 37.6 Å². The number of methoxy groups -OCH3 is 1. The Labute approximate surface area is 187 Å². The van der Waals surface area contributed by atoms with E-state index in [9.17, 15) is 14.7 Å². The number of esters is 1. The lowest BCUT2D eigenvalue weighted by atomic mass is 9.95. The van der Waals surface area contributed by atoms with Gasteiger partial charge in [0.25, 0.3) is 5.56 Å². The molecule has 1 atom stereocenters. The van der Waals surface area contributed by atoms with Crippen molar-refractivity contribution >= 4 is 35.0 Å². The lowest BCUT2D eigenvalue weighted by Crippen LogP contribution is -2.40. The maximum absolute atomic E-state index is 13.4. The van der Waals surface area contributed by atoms with Gasteiger partial charge in [-0.1, -0.05) is 60.2 Å². The number of thiazole rings is 1. The van der Waals surface area contributed by atoms with E-state index in [4.69, 9.17) is 16.3 Å². The van der Waals surface area contributed by atoms with Crippen molar-refractivity contribution in [1.82, 2.24) is 4.57 Å². The predicted octanol–water partition coefficient (Wildman–Crippen LogP) is 3.16. The Morgan fingerprint density at radius 3 is 2.71 bits per heavy atom. The molecule has 2 aromatic carbocycles. The first-order valence-electron chi connectivity index (χ1n) is 9.61. The Kier molecular flexibility index (Phi) is 5.80. The fourth-order valence-electron chi connectivity index (χ4n) is 3.60. The summed E-state index contributed by atoms with van der Waals surface area (Å²) in [6.07, 6.45) is 2.09. The minimum atomic E-state index is -0.657. The summed E-state index contributed by atoms with van der Waals surface area (Å²) in [4.78, 5) is 31.2. The molecular weight excluding hydrogens is 436 g/mol. The number of carbonyl (C=O) groups is 1. The van der Waals surface area contributed by atoms with Crippen molar-refractivity contribution in [2.75, 3.05) is 7.11 Å². The van der Waals surface area contributed by atoms with Gasteiger partial charge in [-0.15, -0.1) is 0 Å². The molecule has 1 aliphatic rings. The van der Waals surface area contributed by atoms with Gasteiger partial charge in [0.15, 0.2) is 4.80 Å². The highest BCUT2D eigenvalue weighted by molar-refractivity contribution is 7.07. The van der Waals surface area contributed by atoms with Gasteiger partial charge in [0.05, 0.1) is 29.0 Å². The highest BCUT2D eigenvalue weighted by atomic mass is 35.5. The predicted molar refractivity (Wildman–Crippen MR) is 120 cm³/mol. The van der Waals surface area contributed by atoms with Crippen LogP contribution in [0.3, 0.4) is 0 Å². The average Bonchev–Trinajstić information content (AvgIpc) is 3.09. The van der Waals surface area contributed by atoms with Gasteiger partial charge in [-0.25, -0.2) is 9.79 Å². The molecule has 0 radical (unpaired) electrons. The molecule has 1 aromatic heterocycles. The number of aromatic hydroxyl groups is 1. The summed E-state index contributed by atoms with van der Waals surface area (Å²) in [5.41, 5.74) is 1.83. The third-order valence-corrected chi connectivity index (χ3v) is 6.26. The van der Waals surface area contributed by atoms with Crippen molar-refractivity contribution in [3.05, 3.63) is 95.6 Å². The Morgan fingerprint density at radius 2 is 2.03 bits per heavy atom. The molecule has 0 saturated heterocycles. The van der Waals surface area contributed by atoms with Gasteiger partial charge in [0, 0.05) is 10.6 Å². The molecule has 4 rings (SSSR count). The topological polar surface area (TPSA) is 80.9 Å². The van der Waals surface area contributed by atoms with Crippen molar-refractivity contribution in [3.8, 4) is 5.75 Å². The Morgan fingerprint density at radius 1 is 1.29 bits per heavy atom. The summed E-state index contributed by atoms with van der Waals surface area (Å²) in [7, 11) is 1.32. The van der Waals surface area contributed by atoms with Crippen LogP contribution in [0.5, 0.6) is 5.75 Å². The number of aromatic nitrogens is 1. The number of nitrogens with zero attached hydrogens (tertiary/aromatic N) is 2. The zero-order valence-corrected chi connectivity index (χ0v) is 18.4. The van der Waals surface area contributed by atoms with Gasteiger partial charge in [-0.3, -0.25) is 9.36 Å². The number of carbonyl (C=O) groups excluding carboxylic acids is 1. The van der Waals surface area contributed by atoms with Crippen LogP contribution in [0.1, 0.15) is 30.5 Å². The number of hydrogen-bond acceptors (Lipinski definition) is 6. The van der Waals surface area contributed by atoms with E-state index in [1.54, 1.807) is 18.2 Å².